The molecule has 0 fully saturated rings. The number of hydrogen-bond donors (Lipinski definition) is 1. The highest BCUT2D eigenvalue weighted by atomic mass is 32.1. The molecule has 3 rings (SSSR count). The van der Waals surface area contributed by atoms with Crippen LogP contribution in [0.5, 0.6) is 0 Å². The SMILES string of the molecule is Cc1cc(C(=O)NCc2cc3n(n2)CCCC3)ns1. The summed E-state index contributed by atoms with van der Waals surface area (Å²) in [7, 11) is 0. The fourth-order valence-electron chi connectivity index (χ4n) is 2.30. The number of amides is 1. The molecule has 100 valence electrons. The maximum atomic E-state index is 11.9. The van der Waals surface area contributed by atoms with Crippen LogP contribution >= 0.6 is 11.5 Å². The van der Waals surface area contributed by atoms with Crippen LogP contribution in [0.15, 0.2) is 12.1 Å². The van der Waals surface area contributed by atoms with Crippen molar-refractivity contribution in [1.82, 2.24) is 19.5 Å². The average Bonchev–Trinajstić information content (AvgIpc) is 3.01. The maximum Gasteiger partial charge on any atom is 0.271 e. The van der Waals surface area contributed by atoms with Gasteiger partial charge < -0.3 is 5.32 Å². The van der Waals surface area contributed by atoms with Gasteiger partial charge in [-0.25, -0.2) is 0 Å². The summed E-state index contributed by atoms with van der Waals surface area (Å²) in [4.78, 5) is 12.9. The third-order valence-corrected chi connectivity index (χ3v) is 3.95. The Balaban J connectivity index is 1.63. The molecule has 2 aromatic rings. The number of nitrogens with one attached hydrogen (secondary N) is 1. The van der Waals surface area contributed by atoms with E-state index in [0.717, 1.165) is 23.5 Å². The van der Waals surface area contributed by atoms with Crippen LogP contribution in [0.25, 0.3) is 0 Å². The highest BCUT2D eigenvalue weighted by Crippen LogP contribution is 2.15. The molecule has 0 radical (unpaired) electrons. The van der Waals surface area contributed by atoms with E-state index in [0.29, 0.717) is 12.2 Å². The lowest BCUT2D eigenvalue weighted by atomic mass is 10.1. The fourth-order valence-corrected chi connectivity index (χ4v) is 2.84. The summed E-state index contributed by atoms with van der Waals surface area (Å²) < 4.78 is 6.15. The second-order valence-electron chi connectivity index (χ2n) is 4.81. The maximum absolute atomic E-state index is 11.9. The van der Waals surface area contributed by atoms with Gasteiger partial charge in [-0.05, 0) is 49.9 Å². The Labute approximate surface area is 115 Å². The van der Waals surface area contributed by atoms with Crippen LogP contribution in [0, 0.1) is 6.92 Å². The first-order chi connectivity index (χ1) is 9.22. The van der Waals surface area contributed by atoms with E-state index >= 15 is 0 Å². The fraction of sp³-hybridized carbons (Fsp3) is 0.462. The van der Waals surface area contributed by atoms with Gasteiger partial charge in [-0.15, -0.1) is 0 Å². The quantitative estimate of drug-likeness (QED) is 0.931. The number of carbonyl (C=O) groups excluding carboxylic acids is 1. The number of carbonyl (C=O) groups is 1. The molecule has 19 heavy (non-hydrogen) atoms. The molecule has 6 heteroatoms. The van der Waals surface area contributed by atoms with Crippen LogP contribution < -0.4 is 5.32 Å². The Bertz CT molecular complexity index is 578. The Kier molecular flexibility index (Phi) is 3.33. The van der Waals surface area contributed by atoms with Gasteiger partial charge in [-0.3, -0.25) is 9.48 Å². The second kappa shape index (κ2) is 5.13. The molecular weight excluding hydrogens is 260 g/mol. The van der Waals surface area contributed by atoms with Crippen molar-refractivity contribution in [2.45, 2.75) is 39.3 Å². The van der Waals surface area contributed by atoms with Crippen molar-refractivity contribution in [2.75, 3.05) is 0 Å². The summed E-state index contributed by atoms with van der Waals surface area (Å²) in [5.74, 6) is -0.129. The largest absolute Gasteiger partial charge is 0.345 e. The smallest absolute Gasteiger partial charge is 0.271 e. The van der Waals surface area contributed by atoms with Crippen molar-refractivity contribution >= 4 is 17.4 Å². The Morgan fingerprint density at radius 2 is 2.37 bits per heavy atom. The van der Waals surface area contributed by atoms with Gasteiger partial charge in [0.25, 0.3) is 5.91 Å². The van der Waals surface area contributed by atoms with Crippen LogP contribution in [-0.4, -0.2) is 20.1 Å². The van der Waals surface area contributed by atoms with E-state index in [-0.39, 0.29) is 5.91 Å². The summed E-state index contributed by atoms with van der Waals surface area (Å²) in [6, 6.07) is 3.89. The zero-order valence-electron chi connectivity index (χ0n) is 10.8. The van der Waals surface area contributed by atoms with E-state index in [1.165, 1.54) is 30.1 Å². The van der Waals surface area contributed by atoms with Crippen molar-refractivity contribution in [2.24, 2.45) is 0 Å². The normalized spacial score (nSPS) is 14.2. The molecule has 1 aliphatic rings. The number of aromatic nitrogens is 3. The number of hydrogen-bond acceptors (Lipinski definition) is 4. The number of aryl methyl sites for hydroxylation is 3. The molecular formula is C13H16N4OS. The molecule has 0 aliphatic carbocycles. The van der Waals surface area contributed by atoms with Crippen molar-refractivity contribution in [1.29, 1.82) is 0 Å². The van der Waals surface area contributed by atoms with Gasteiger partial charge >= 0.3 is 0 Å². The average molecular weight is 276 g/mol. The predicted molar refractivity (Wildman–Crippen MR) is 73.2 cm³/mol. The lowest BCUT2D eigenvalue weighted by Crippen LogP contribution is -2.23. The molecule has 1 amide bonds. The number of nitrogens with zero attached hydrogens (tertiary/aromatic N) is 3. The molecule has 0 bridgehead atoms. The van der Waals surface area contributed by atoms with E-state index in [9.17, 15) is 4.79 Å². The van der Waals surface area contributed by atoms with Gasteiger partial charge in [0.05, 0.1) is 12.2 Å². The van der Waals surface area contributed by atoms with Crippen LogP contribution in [0.3, 0.4) is 0 Å². The first kappa shape index (κ1) is 12.3. The molecule has 0 saturated heterocycles. The Morgan fingerprint density at radius 3 is 3.11 bits per heavy atom. The monoisotopic (exact) mass is 276 g/mol. The molecule has 2 aromatic heterocycles. The molecule has 0 saturated carbocycles. The number of rotatable bonds is 3. The topological polar surface area (TPSA) is 59.8 Å². The summed E-state index contributed by atoms with van der Waals surface area (Å²) in [5.41, 5.74) is 2.70. The minimum Gasteiger partial charge on any atom is -0.345 e. The lowest BCUT2D eigenvalue weighted by molar-refractivity contribution is 0.0946. The summed E-state index contributed by atoms with van der Waals surface area (Å²) in [6.07, 6.45) is 3.51. The third kappa shape index (κ3) is 2.68. The Hall–Kier alpha value is -1.69. The predicted octanol–water partition coefficient (Wildman–Crippen LogP) is 1.91. The molecule has 0 aromatic carbocycles. The van der Waals surface area contributed by atoms with Crippen LogP contribution in [0.4, 0.5) is 0 Å². The van der Waals surface area contributed by atoms with E-state index in [1.54, 1.807) is 6.07 Å². The van der Waals surface area contributed by atoms with Crippen LogP contribution in [-0.2, 0) is 19.5 Å². The zero-order chi connectivity index (χ0) is 13.2. The summed E-state index contributed by atoms with van der Waals surface area (Å²) in [6.45, 7) is 3.40. The van der Waals surface area contributed by atoms with E-state index in [1.807, 2.05) is 6.92 Å². The van der Waals surface area contributed by atoms with Crippen molar-refractivity contribution in [3.8, 4) is 0 Å². The van der Waals surface area contributed by atoms with Gasteiger partial charge in [0.2, 0.25) is 0 Å². The first-order valence-corrected chi connectivity index (χ1v) is 7.27. The summed E-state index contributed by atoms with van der Waals surface area (Å²) >= 11 is 1.35. The first-order valence-electron chi connectivity index (χ1n) is 6.49. The standard InChI is InChI=1S/C13H16N4OS/c1-9-6-12(16-19-9)13(18)14-8-10-7-11-4-2-3-5-17(11)15-10/h6-7H,2-5,8H2,1H3,(H,14,18). The van der Waals surface area contributed by atoms with Crippen LogP contribution in [0.2, 0.25) is 0 Å². The van der Waals surface area contributed by atoms with Crippen molar-refractivity contribution in [3.63, 3.8) is 0 Å². The molecule has 0 atom stereocenters. The van der Waals surface area contributed by atoms with Gasteiger partial charge in [0.15, 0.2) is 0 Å². The molecule has 3 heterocycles. The van der Waals surface area contributed by atoms with Crippen molar-refractivity contribution < 1.29 is 4.79 Å². The van der Waals surface area contributed by atoms with E-state index < -0.39 is 0 Å². The minimum absolute atomic E-state index is 0.129. The van der Waals surface area contributed by atoms with Gasteiger partial charge in [-0.1, -0.05) is 0 Å². The van der Waals surface area contributed by atoms with Gasteiger partial charge in [0.1, 0.15) is 5.69 Å². The molecule has 1 aliphatic heterocycles. The third-order valence-electron chi connectivity index (χ3n) is 3.26. The summed E-state index contributed by atoms with van der Waals surface area (Å²) in [5, 5.41) is 7.37. The molecule has 0 spiro atoms. The number of fused-ring (bicyclic) bond motifs is 1. The van der Waals surface area contributed by atoms with E-state index in [4.69, 9.17) is 0 Å². The zero-order valence-corrected chi connectivity index (χ0v) is 11.7. The van der Waals surface area contributed by atoms with E-state index in [2.05, 4.69) is 25.5 Å². The highest BCUT2D eigenvalue weighted by molar-refractivity contribution is 7.05. The minimum atomic E-state index is -0.129. The van der Waals surface area contributed by atoms with Crippen molar-refractivity contribution in [3.05, 3.63) is 34.1 Å². The molecule has 1 N–H and O–H groups in total. The highest BCUT2D eigenvalue weighted by Gasteiger charge is 2.13. The van der Waals surface area contributed by atoms with Crippen LogP contribution in [0.1, 0.15) is 39.6 Å². The van der Waals surface area contributed by atoms with Gasteiger partial charge in [-0.2, -0.15) is 9.47 Å². The van der Waals surface area contributed by atoms with Gasteiger partial charge in [0, 0.05) is 17.1 Å². The molecule has 0 unspecified atom stereocenters. The Morgan fingerprint density at radius 1 is 1.47 bits per heavy atom. The molecule has 5 nitrogen and oxygen atoms in total. The second-order valence-corrected chi connectivity index (χ2v) is 5.82. The lowest BCUT2D eigenvalue weighted by Gasteiger charge is -2.11.